The third kappa shape index (κ3) is 42.0. The molecule has 0 spiro atoms. The number of benzene rings is 2. The summed E-state index contributed by atoms with van der Waals surface area (Å²) in [5.41, 5.74) is 2.11. The SMILES string of the molecule is CCCCCCCC(=O)c1ccc(CCC(COC(C)=O)(COC(C)=O)NC(C)=O)cc1.CCCCCCCCc1ccc(CCC(COC(C)=O)(COC(C)=O)NC(C)=O)cc1.[I][V]([I])[I].[I][V][I]. The van der Waals surface area contributed by atoms with Crippen molar-refractivity contribution >= 4 is 141 Å². The van der Waals surface area contributed by atoms with Gasteiger partial charge in [-0.2, -0.15) is 0 Å². The Bertz CT molecular complexity index is 1750. The molecule has 0 unspecified atom stereocenters. The zero-order chi connectivity index (χ0) is 53.4. The van der Waals surface area contributed by atoms with Crippen molar-refractivity contribution in [3.63, 3.8) is 0 Å². The standard InChI is InChI=1S/C25H37NO6.C25H39NO5.5HI.2V/c1-5-6-7-8-9-10-24(30)23-13-11-22(12-14-23)15-16-25(26-19(2)27,17-31-20(3)28)18-32-21(4)29;1-5-6-7-8-9-10-11-23-12-14-24(15-13-23)16-17-25(26-20(2)27,18-30-21(3)28)19-31-22(4)29;;;;;;;/h11-14H,5-10,15-18H2,1-4H3,(H,26,27);12-15H,5-11,16-19H2,1-4H3,(H,26,27);5*1H;;/q;;;;;;;+2;+3/p-5. The molecule has 2 amide bonds. The summed E-state index contributed by atoms with van der Waals surface area (Å²) < 4.78 is 20.7. The summed E-state index contributed by atoms with van der Waals surface area (Å²) in [6, 6.07) is 15.9. The van der Waals surface area contributed by atoms with Gasteiger partial charge in [0.25, 0.3) is 0 Å². The van der Waals surface area contributed by atoms with E-state index in [0.717, 1.165) is 30.4 Å². The summed E-state index contributed by atoms with van der Waals surface area (Å²) >= 11 is 12.1. The molecule has 2 rings (SSSR count). The molecule has 0 aromatic heterocycles. The summed E-state index contributed by atoms with van der Waals surface area (Å²) in [5.74, 6) is -2.31. The van der Waals surface area contributed by atoms with Crippen LogP contribution in [0.3, 0.4) is 0 Å². The maximum absolute atomic E-state index is 12.4. The van der Waals surface area contributed by atoms with Gasteiger partial charge in [-0.25, -0.2) is 0 Å². The number of amides is 2. The Morgan fingerprint density at radius 2 is 0.771 bits per heavy atom. The Balaban J connectivity index is 0. The van der Waals surface area contributed by atoms with E-state index in [2.05, 4.69) is 149 Å². The first-order valence-electron chi connectivity index (χ1n) is 23.6. The third-order valence-corrected chi connectivity index (χ3v) is 10.5. The van der Waals surface area contributed by atoms with Gasteiger partial charge < -0.3 is 29.6 Å². The van der Waals surface area contributed by atoms with Crippen LogP contribution in [0.15, 0.2) is 48.5 Å². The van der Waals surface area contributed by atoms with Gasteiger partial charge in [-0.1, -0.05) is 120 Å². The van der Waals surface area contributed by atoms with E-state index in [-0.39, 0.29) is 48.9 Å². The van der Waals surface area contributed by atoms with Crippen molar-refractivity contribution < 1.29 is 66.9 Å². The van der Waals surface area contributed by atoms with E-state index in [9.17, 15) is 33.6 Å². The number of aryl methyl sites for hydroxylation is 3. The molecule has 70 heavy (non-hydrogen) atoms. The summed E-state index contributed by atoms with van der Waals surface area (Å²) in [6.45, 7) is 12.0. The second-order valence-electron chi connectivity index (χ2n) is 16.9. The second kappa shape index (κ2) is 45.0. The molecule has 0 aliphatic rings. The van der Waals surface area contributed by atoms with Crippen LogP contribution in [0.1, 0.15) is 172 Å². The predicted molar refractivity (Wildman–Crippen MR) is 314 cm³/mol. The van der Waals surface area contributed by atoms with E-state index in [1.54, 1.807) is 0 Å². The molecule has 2 N–H and O–H groups in total. The van der Waals surface area contributed by atoms with Crippen LogP contribution < -0.4 is 10.6 Å². The van der Waals surface area contributed by atoms with Gasteiger partial charge >= 0.3 is 138 Å². The van der Waals surface area contributed by atoms with Crippen molar-refractivity contribution in [2.75, 3.05) is 26.4 Å². The molecule has 0 heterocycles. The predicted octanol–water partition coefficient (Wildman–Crippen LogP) is 13.1. The Labute approximate surface area is 485 Å². The minimum absolute atomic E-state index is 0.0503. The molecule has 0 aliphatic heterocycles. The molecular formula is C50H76I5N2O11V2. The van der Waals surface area contributed by atoms with E-state index in [4.69, 9.17) is 18.9 Å². The van der Waals surface area contributed by atoms with Crippen LogP contribution in [-0.2, 0) is 81.4 Å². The molecule has 0 aliphatic carbocycles. The van der Waals surface area contributed by atoms with Crippen LogP contribution in [0.5, 0.6) is 0 Å². The van der Waals surface area contributed by atoms with E-state index < -0.39 is 35.0 Å². The van der Waals surface area contributed by atoms with E-state index in [1.807, 2.05) is 24.3 Å². The quantitative estimate of drug-likeness (QED) is 0.0250. The average molecular weight is 1620 g/mol. The van der Waals surface area contributed by atoms with Gasteiger partial charge in [0.1, 0.15) is 37.5 Å². The van der Waals surface area contributed by atoms with Gasteiger partial charge in [0.2, 0.25) is 11.8 Å². The van der Waals surface area contributed by atoms with Gasteiger partial charge in [-0.05, 0) is 61.6 Å². The summed E-state index contributed by atoms with van der Waals surface area (Å²) in [4.78, 5) is 81.1. The van der Waals surface area contributed by atoms with Crippen LogP contribution >= 0.6 is 99.9 Å². The molecule has 0 saturated carbocycles. The molecule has 0 radical (unpaired) electrons. The molecule has 13 nitrogen and oxygen atoms in total. The summed E-state index contributed by atoms with van der Waals surface area (Å²) in [5, 5.41) is 5.64. The molecule has 2 aromatic rings. The van der Waals surface area contributed by atoms with E-state index in [0.29, 0.717) is 47.1 Å². The number of rotatable bonds is 30. The van der Waals surface area contributed by atoms with Gasteiger partial charge in [-0.3, -0.25) is 33.6 Å². The number of unbranched alkanes of at least 4 members (excludes halogenated alkanes) is 9. The average Bonchev–Trinajstić information content (AvgIpc) is 3.29. The Morgan fingerprint density at radius 1 is 0.486 bits per heavy atom. The normalized spacial score (nSPS) is 10.7. The summed E-state index contributed by atoms with van der Waals surface area (Å²) in [6.07, 6.45) is 16.9. The molecule has 20 heteroatoms. The molecule has 2 aromatic carbocycles. The Morgan fingerprint density at radius 3 is 1.09 bits per heavy atom. The Hall–Kier alpha value is -0.251. The first-order chi connectivity index (χ1) is 33.1. The van der Waals surface area contributed by atoms with Crippen molar-refractivity contribution in [2.45, 2.75) is 176 Å². The van der Waals surface area contributed by atoms with Crippen LogP contribution in [0.25, 0.3) is 0 Å². The van der Waals surface area contributed by atoms with Gasteiger partial charge in [0, 0.05) is 53.5 Å². The van der Waals surface area contributed by atoms with Crippen molar-refractivity contribution in [2.24, 2.45) is 0 Å². The summed E-state index contributed by atoms with van der Waals surface area (Å²) in [7, 11) is 0.628. The minimum atomic E-state index is -1.03. The zero-order valence-corrected chi connectivity index (χ0v) is 55.8. The number of hydrogen-bond acceptors (Lipinski definition) is 11. The third-order valence-electron chi connectivity index (χ3n) is 10.5. The van der Waals surface area contributed by atoms with Gasteiger partial charge in [0.15, 0.2) is 5.78 Å². The number of esters is 4. The monoisotopic (exact) mass is 1620 g/mol. The van der Waals surface area contributed by atoms with E-state index in [1.165, 1.54) is 105 Å². The van der Waals surface area contributed by atoms with Gasteiger partial charge in [-0.15, -0.1) is 0 Å². The fourth-order valence-corrected chi connectivity index (χ4v) is 6.99. The number of ether oxygens (including phenoxy) is 4. The number of Topliss-reactive ketones (excluding diaryl/α,β-unsaturated/α-hetero) is 1. The van der Waals surface area contributed by atoms with Crippen molar-refractivity contribution in [1.29, 1.82) is 0 Å². The van der Waals surface area contributed by atoms with Crippen LogP contribution in [0, 0.1) is 0 Å². The zero-order valence-electron chi connectivity index (χ0n) is 42.2. The van der Waals surface area contributed by atoms with E-state index >= 15 is 0 Å². The topological polar surface area (TPSA) is 180 Å². The fourth-order valence-electron chi connectivity index (χ4n) is 6.99. The number of hydrogen-bond donors (Lipinski definition) is 2. The molecular weight excluding hydrogens is 1540 g/mol. The molecule has 0 saturated heterocycles. The number of ketones is 1. The second-order valence-corrected chi connectivity index (χ2v) is 64.1. The first-order valence-corrected chi connectivity index (χ1v) is 46.1. The molecule has 0 fully saturated rings. The maximum atomic E-state index is 12.4. The number of halogens is 5. The molecule has 0 bridgehead atoms. The number of carbonyl (C=O) groups excluding carboxylic acids is 7. The van der Waals surface area contributed by atoms with Crippen LogP contribution in [-0.4, -0.2) is 79.0 Å². The number of carbonyl (C=O) groups is 7. The van der Waals surface area contributed by atoms with Crippen LogP contribution in [0.2, 0.25) is 0 Å². The molecule has 0 atom stereocenters. The van der Waals surface area contributed by atoms with Crippen LogP contribution in [0.4, 0.5) is 0 Å². The van der Waals surface area contributed by atoms with Gasteiger partial charge in [0.05, 0.1) is 0 Å². The van der Waals surface area contributed by atoms with Crippen molar-refractivity contribution in [3.05, 3.63) is 70.8 Å². The Kier molecular flexibility index (Phi) is 46.2. The number of nitrogens with one attached hydrogen (secondary N) is 2. The van der Waals surface area contributed by atoms with Crippen molar-refractivity contribution in [3.8, 4) is 0 Å². The first kappa shape index (κ1) is 71.8. The fraction of sp³-hybridized carbons (Fsp3) is 0.620. The van der Waals surface area contributed by atoms with Crippen molar-refractivity contribution in [1.82, 2.24) is 10.6 Å². The molecule has 397 valence electrons.